The van der Waals surface area contributed by atoms with Gasteiger partial charge >= 0.3 is 0 Å². The van der Waals surface area contributed by atoms with Crippen LogP contribution in [0.15, 0.2) is 36.4 Å². The number of nitrogens with zero attached hydrogens (tertiary/aromatic N) is 1. The summed E-state index contributed by atoms with van der Waals surface area (Å²) in [6.45, 7) is 5.13. The maximum atomic E-state index is 12.9. The van der Waals surface area contributed by atoms with Gasteiger partial charge in [-0.3, -0.25) is 9.59 Å². The molecule has 0 aliphatic carbocycles. The van der Waals surface area contributed by atoms with Crippen LogP contribution >= 0.6 is 0 Å². The van der Waals surface area contributed by atoms with E-state index in [0.29, 0.717) is 36.6 Å². The number of benzene rings is 2. The van der Waals surface area contributed by atoms with Crippen LogP contribution in [0.5, 0.6) is 11.5 Å². The van der Waals surface area contributed by atoms with Gasteiger partial charge in [0.1, 0.15) is 17.6 Å². The number of ether oxygens (including phenoxy) is 2. The summed E-state index contributed by atoms with van der Waals surface area (Å²) in [5.41, 5.74) is 2.92. The monoisotopic (exact) mass is 380 g/mol. The predicted molar refractivity (Wildman–Crippen MR) is 107 cm³/mol. The smallest absolute Gasteiger partial charge is 0.255 e. The van der Waals surface area contributed by atoms with Crippen molar-refractivity contribution in [3.8, 4) is 11.5 Å². The summed E-state index contributed by atoms with van der Waals surface area (Å²) in [6, 6.07) is 10.9. The quantitative estimate of drug-likeness (QED) is 0.857. The fourth-order valence-corrected chi connectivity index (χ4v) is 3.74. The maximum Gasteiger partial charge on any atom is 0.255 e. The number of carbonyl (C=O) groups excluding carboxylic acids is 2. The van der Waals surface area contributed by atoms with Crippen molar-refractivity contribution in [3.05, 3.63) is 47.5 Å². The molecule has 6 nitrogen and oxygen atoms in total. The largest absolute Gasteiger partial charge is 0.492 e. The molecule has 2 aliphatic heterocycles. The molecular weight excluding hydrogens is 356 g/mol. The summed E-state index contributed by atoms with van der Waals surface area (Å²) in [6.07, 6.45) is 2.35. The second kappa shape index (κ2) is 7.54. The van der Waals surface area contributed by atoms with Gasteiger partial charge in [0.25, 0.3) is 5.91 Å². The lowest BCUT2D eigenvalue weighted by Gasteiger charge is -2.17. The van der Waals surface area contributed by atoms with Crippen molar-refractivity contribution < 1.29 is 19.1 Å². The molecule has 2 aliphatic rings. The first kappa shape index (κ1) is 18.3. The minimum Gasteiger partial charge on any atom is -0.492 e. The first-order valence-electron chi connectivity index (χ1n) is 9.73. The Balaban J connectivity index is 1.58. The Morgan fingerprint density at radius 3 is 2.93 bits per heavy atom. The standard InChI is InChI=1S/C22H24N2O4/c1-3-27-20-12-16-10-14(2)28-19(16)13-18(20)23-22(26)15-6-4-7-17(11-15)24-9-5-8-21(24)25/h4,6-7,11-14H,3,5,8-10H2,1-2H3,(H,23,26). The highest BCUT2D eigenvalue weighted by Gasteiger charge is 2.24. The molecule has 0 spiro atoms. The highest BCUT2D eigenvalue weighted by Crippen LogP contribution is 2.38. The number of carbonyl (C=O) groups is 2. The average Bonchev–Trinajstić information content (AvgIpc) is 3.26. The Hall–Kier alpha value is -3.02. The van der Waals surface area contributed by atoms with Gasteiger partial charge in [0.2, 0.25) is 5.91 Å². The number of anilines is 2. The van der Waals surface area contributed by atoms with Crippen molar-refractivity contribution in [2.45, 2.75) is 39.2 Å². The Bertz CT molecular complexity index is 925. The lowest BCUT2D eigenvalue weighted by atomic mass is 10.1. The molecule has 146 valence electrons. The zero-order chi connectivity index (χ0) is 19.7. The van der Waals surface area contributed by atoms with Crippen LogP contribution in [0.25, 0.3) is 0 Å². The van der Waals surface area contributed by atoms with Gasteiger partial charge in [-0.2, -0.15) is 0 Å². The first-order chi connectivity index (χ1) is 13.5. The minimum atomic E-state index is -0.250. The minimum absolute atomic E-state index is 0.0982. The predicted octanol–water partition coefficient (Wildman–Crippen LogP) is 3.79. The van der Waals surface area contributed by atoms with Crippen LogP contribution in [-0.4, -0.2) is 31.1 Å². The molecule has 0 bridgehead atoms. The lowest BCUT2D eigenvalue weighted by molar-refractivity contribution is -0.117. The summed E-state index contributed by atoms with van der Waals surface area (Å²) in [5, 5.41) is 2.94. The fraction of sp³-hybridized carbons (Fsp3) is 0.364. The van der Waals surface area contributed by atoms with Gasteiger partial charge in [-0.25, -0.2) is 0 Å². The van der Waals surface area contributed by atoms with Gasteiger partial charge in [0, 0.05) is 42.3 Å². The van der Waals surface area contributed by atoms with E-state index in [1.54, 1.807) is 23.1 Å². The molecule has 0 aromatic heterocycles. The van der Waals surface area contributed by atoms with Crippen LogP contribution in [-0.2, 0) is 11.2 Å². The molecule has 2 amide bonds. The van der Waals surface area contributed by atoms with Crippen LogP contribution in [0.3, 0.4) is 0 Å². The molecule has 2 aromatic rings. The molecule has 1 fully saturated rings. The van der Waals surface area contributed by atoms with E-state index in [1.165, 1.54) is 0 Å². The van der Waals surface area contributed by atoms with Gasteiger partial charge in [0.05, 0.1) is 12.3 Å². The fourth-order valence-electron chi connectivity index (χ4n) is 3.74. The molecular formula is C22H24N2O4. The van der Waals surface area contributed by atoms with Crippen molar-refractivity contribution in [3.63, 3.8) is 0 Å². The zero-order valence-corrected chi connectivity index (χ0v) is 16.2. The van der Waals surface area contributed by atoms with Gasteiger partial charge in [-0.1, -0.05) is 6.07 Å². The third-order valence-electron chi connectivity index (χ3n) is 5.04. The number of amides is 2. The molecule has 1 atom stereocenters. The Morgan fingerprint density at radius 2 is 2.18 bits per heavy atom. The SMILES string of the molecule is CCOc1cc2c(cc1NC(=O)c1cccc(N3CCCC3=O)c1)OC(C)C2. The van der Waals surface area contributed by atoms with E-state index < -0.39 is 0 Å². The highest BCUT2D eigenvalue weighted by atomic mass is 16.5. The summed E-state index contributed by atoms with van der Waals surface area (Å²) in [7, 11) is 0. The normalized spacial score (nSPS) is 18.0. The number of hydrogen-bond acceptors (Lipinski definition) is 4. The van der Waals surface area contributed by atoms with Gasteiger partial charge in [-0.05, 0) is 44.5 Å². The lowest BCUT2D eigenvalue weighted by Crippen LogP contribution is -2.24. The molecule has 0 radical (unpaired) electrons. The van der Waals surface area contributed by atoms with Crippen LogP contribution < -0.4 is 19.7 Å². The number of fused-ring (bicyclic) bond motifs is 1. The zero-order valence-electron chi connectivity index (χ0n) is 16.2. The summed E-state index contributed by atoms with van der Waals surface area (Å²) < 4.78 is 11.5. The Labute approximate surface area is 164 Å². The number of hydrogen-bond donors (Lipinski definition) is 1. The molecule has 2 heterocycles. The van der Waals surface area contributed by atoms with Crippen LogP contribution in [0.4, 0.5) is 11.4 Å². The molecule has 2 aromatic carbocycles. The van der Waals surface area contributed by atoms with E-state index in [4.69, 9.17) is 9.47 Å². The van der Waals surface area contributed by atoms with Crippen molar-refractivity contribution in [2.24, 2.45) is 0 Å². The third kappa shape index (κ3) is 3.54. The molecule has 0 saturated carbocycles. The van der Waals surface area contributed by atoms with E-state index in [-0.39, 0.29) is 17.9 Å². The third-order valence-corrected chi connectivity index (χ3v) is 5.04. The van der Waals surface area contributed by atoms with Gasteiger partial charge in [0.15, 0.2) is 0 Å². The van der Waals surface area contributed by atoms with E-state index in [0.717, 1.165) is 29.8 Å². The van der Waals surface area contributed by atoms with Crippen molar-refractivity contribution in [1.29, 1.82) is 0 Å². The molecule has 1 N–H and O–H groups in total. The first-order valence-corrected chi connectivity index (χ1v) is 9.73. The molecule has 4 rings (SSSR count). The van der Waals surface area contributed by atoms with Gasteiger partial charge in [-0.15, -0.1) is 0 Å². The van der Waals surface area contributed by atoms with E-state index in [1.807, 2.05) is 32.0 Å². The second-order valence-electron chi connectivity index (χ2n) is 7.18. The molecule has 1 saturated heterocycles. The van der Waals surface area contributed by atoms with Crippen molar-refractivity contribution in [2.75, 3.05) is 23.4 Å². The van der Waals surface area contributed by atoms with Gasteiger partial charge < -0.3 is 19.7 Å². The molecule has 1 unspecified atom stereocenters. The van der Waals surface area contributed by atoms with E-state index in [2.05, 4.69) is 5.32 Å². The van der Waals surface area contributed by atoms with Crippen LogP contribution in [0.2, 0.25) is 0 Å². The second-order valence-corrected chi connectivity index (χ2v) is 7.18. The van der Waals surface area contributed by atoms with Crippen molar-refractivity contribution in [1.82, 2.24) is 0 Å². The van der Waals surface area contributed by atoms with Crippen LogP contribution in [0, 0.1) is 0 Å². The average molecular weight is 380 g/mol. The Kier molecular flexibility index (Phi) is 4.94. The number of rotatable bonds is 5. The number of nitrogens with one attached hydrogen (secondary N) is 1. The summed E-state index contributed by atoms with van der Waals surface area (Å²) in [4.78, 5) is 26.6. The van der Waals surface area contributed by atoms with E-state index in [9.17, 15) is 9.59 Å². The summed E-state index contributed by atoms with van der Waals surface area (Å²) in [5.74, 6) is 1.27. The van der Waals surface area contributed by atoms with E-state index >= 15 is 0 Å². The highest BCUT2D eigenvalue weighted by molar-refractivity contribution is 6.06. The Morgan fingerprint density at radius 1 is 1.32 bits per heavy atom. The summed E-state index contributed by atoms with van der Waals surface area (Å²) >= 11 is 0. The maximum absolute atomic E-state index is 12.9. The molecule has 6 heteroatoms. The van der Waals surface area contributed by atoms with Crippen molar-refractivity contribution >= 4 is 23.2 Å². The molecule has 28 heavy (non-hydrogen) atoms. The topological polar surface area (TPSA) is 67.9 Å². The van der Waals surface area contributed by atoms with Crippen LogP contribution in [0.1, 0.15) is 42.6 Å².